The summed E-state index contributed by atoms with van der Waals surface area (Å²) in [6.45, 7) is 0. The van der Waals surface area contributed by atoms with Crippen molar-refractivity contribution < 1.29 is 4.79 Å². The van der Waals surface area contributed by atoms with Crippen LogP contribution >= 0.6 is 11.8 Å². The fourth-order valence-corrected chi connectivity index (χ4v) is 0.870. The summed E-state index contributed by atoms with van der Waals surface area (Å²) in [6.07, 6.45) is 0. The van der Waals surface area contributed by atoms with Crippen molar-refractivity contribution in [2.45, 2.75) is 0 Å². The zero-order chi connectivity index (χ0) is 5.98. The van der Waals surface area contributed by atoms with Crippen LogP contribution in [0, 0.1) is 5.41 Å². The van der Waals surface area contributed by atoms with Gasteiger partial charge < -0.3 is 5.32 Å². The molecule has 8 heavy (non-hydrogen) atoms. The quantitative estimate of drug-likeness (QED) is 0.430. The molecular formula is C3H5N3OS. The van der Waals surface area contributed by atoms with Crippen LogP contribution in [0.25, 0.3) is 0 Å². The first kappa shape index (κ1) is 5.43. The predicted molar refractivity (Wildman–Crippen MR) is 31.9 cm³/mol. The molecule has 1 aliphatic heterocycles. The van der Waals surface area contributed by atoms with E-state index in [4.69, 9.17) is 5.41 Å². The molecule has 0 saturated carbocycles. The Balaban J connectivity index is 2.45. The SMILES string of the molecule is N=C1NC(=O)NCS1. The van der Waals surface area contributed by atoms with Crippen molar-refractivity contribution >= 4 is 23.0 Å². The normalized spacial score (nSPS) is 19.5. The lowest BCUT2D eigenvalue weighted by atomic mass is 10.9. The van der Waals surface area contributed by atoms with Crippen LogP contribution in [0.15, 0.2) is 0 Å². The third-order valence-corrected chi connectivity index (χ3v) is 1.36. The molecule has 0 radical (unpaired) electrons. The lowest BCUT2D eigenvalue weighted by Gasteiger charge is -2.12. The van der Waals surface area contributed by atoms with Gasteiger partial charge in [0.2, 0.25) is 0 Å². The molecule has 3 N–H and O–H groups in total. The van der Waals surface area contributed by atoms with Crippen molar-refractivity contribution in [3.8, 4) is 0 Å². The monoisotopic (exact) mass is 131 g/mol. The fourth-order valence-electron chi connectivity index (χ4n) is 0.357. The number of carbonyl (C=O) groups is 1. The molecule has 1 aliphatic rings. The molecule has 0 aromatic rings. The van der Waals surface area contributed by atoms with Crippen LogP contribution in [-0.2, 0) is 0 Å². The highest BCUT2D eigenvalue weighted by molar-refractivity contribution is 8.13. The Bertz CT molecular complexity index is 120. The first-order chi connectivity index (χ1) is 3.79. The van der Waals surface area contributed by atoms with Crippen LogP contribution in [0.4, 0.5) is 4.79 Å². The predicted octanol–water partition coefficient (Wildman–Crippen LogP) is -0.0753. The maximum Gasteiger partial charge on any atom is 0.321 e. The Morgan fingerprint density at radius 2 is 2.50 bits per heavy atom. The first-order valence-electron chi connectivity index (χ1n) is 2.05. The minimum atomic E-state index is -0.284. The topological polar surface area (TPSA) is 65.0 Å². The minimum Gasteiger partial charge on any atom is -0.328 e. The Morgan fingerprint density at radius 1 is 1.75 bits per heavy atom. The molecule has 1 saturated heterocycles. The number of hydrogen-bond acceptors (Lipinski definition) is 3. The van der Waals surface area contributed by atoms with Gasteiger partial charge in [-0.2, -0.15) is 0 Å². The zero-order valence-corrected chi connectivity index (χ0v) is 4.84. The van der Waals surface area contributed by atoms with E-state index in [1.165, 1.54) is 11.8 Å². The molecule has 1 heterocycles. The Hall–Kier alpha value is -0.710. The summed E-state index contributed by atoms with van der Waals surface area (Å²) in [5, 5.41) is 11.9. The van der Waals surface area contributed by atoms with Crippen molar-refractivity contribution in [3.63, 3.8) is 0 Å². The highest BCUT2D eigenvalue weighted by Gasteiger charge is 2.09. The van der Waals surface area contributed by atoms with Crippen molar-refractivity contribution in [2.75, 3.05) is 5.88 Å². The summed E-state index contributed by atoms with van der Waals surface area (Å²) in [6, 6.07) is -0.284. The van der Waals surface area contributed by atoms with Crippen molar-refractivity contribution in [1.29, 1.82) is 5.41 Å². The molecule has 1 rings (SSSR count). The molecule has 0 unspecified atom stereocenters. The smallest absolute Gasteiger partial charge is 0.321 e. The van der Waals surface area contributed by atoms with Gasteiger partial charge in [-0.05, 0) is 0 Å². The molecule has 5 heteroatoms. The highest BCUT2D eigenvalue weighted by Crippen LogP contribution is 1.99. The number of carbonyl (C=O) groups excluding carboxylic acids is 1. The zero-order valence-electron chi connectivity index (χ0n) is 4.02. The Morgan fingerprint density at radius 3 is 2.88 bits per heavy atom. The average Bonchev–Trinajstić information content (AvgIpc) is 1.64. The summed E-state index contributed by atoms with van der Waals surface area (Å²) in [5.74, 6) is 0.505. The third kappa shape index (κ3) is 1.13. The number of rotatable bonds is 0. The second-order valence-corrected chi connectivity index (χ2v) is 2.23. The van der Waals surface area contributed by atoms with E-state index >= 15 is 0 Å². The Labute approximate surface area is 50.5 Å². The fraction of sp³-hybridized carbons (Fsp3) is 0.333. The summed E-state index contributed by atoms with van der Waals surface area (Å²) in [4.78, 5) is 10.3. The van der Waals surface area contributed by atoms with Gasteiger partial charge in [-0.1, -0.05) is 11.8 Å². The molecule has 4 nitrogen and oxygen atoms in total. The minimum absolute atomic E-state index is 0.216. The Kier molecular flexibility index (Phi) is 1.38. The van der Waals surface area contributed by atoms with Crippen LogP contribution < -0.4 is 10.6 Å². The van der Waals surface area contributed by atoms with E-state index < -0.39 is 0 Å². The van der Waals surface area contributed by atoms with Crippen molar-refractivity contribution in [2.24, 2.45) is 0 Å². The van der Waals surface area contributed by atoms with Gasteiger partial charge in [-0.25, -0.2) is 4.79 Å². The van der Waals surface area contributed by atoms with Gasteiger partial charge >= 0.3 is 6.03 Å². The second kappa shape index (κ2) is 2.04. The van der Waals surface area contributed by atoms with Crippen LogP contribution in [0.2, 0.25) is 0 Å². The van der Waals surface area contributed by atoms with E-state index in [1.807, 2.05) is 0 Å². The van der Waals surface area contributed by atoms with Gasteiger partial charge in [0.25, 0.3) is 0 Å². The summed E-state index contributed by atoms with van der Waals surface area (Å²) in [7, 11) is 0. The van der Waals surface area contributed by atoms with Gasteiger partial charge in [0, 0.05) is 0 Å². The number of amides is 2. The van der Waals surface area contributed by atoms with Gasteiger partial charge in [0.15, 0.2) is 5.17 Å². The average molecular weight is 131 g/mol. The number of hydrogen-bond donors (Lipinski definition) is 3. The van der Waals surface area contributed by atoms with Crippen molar-refractivity contribution in [1.82, 2.24) is 10.6 Å². The largest absolute Gasteiger partial charge is 0.328 e. The summed E-state index contributed by atoms with van der Waals surface area (Å²) < 4.78 is 0. The van der Waals surface area contributed by atoms with Crippen LogP contribution in [0.5, 0.6) is 0 Å². The van der Waals surface area contributed by atoms with Gasteiger partial charge in [0.05, 0.1) is 5.88 Å². The number of nitrogens with one attached hydrogen (secondary N) is 3. The van der Waals surface area contributed by atoms with E-state index in [0.717, 1.165) is 0 Å². The lowest BCUT2D eigenvalue weighted by molar-refractivity contribution is 0.246. The maximum atomic E-state index is 10.3. The second-order valence-electron chi connectivity index (χ2n) is 1.25. The highest BCUT2D eigenvalue weighted by atomic mass is 32.2. The molecular weight excluding hydrogens is 126 g/mol. The van der Waals surface area contributed by atoms with Gasteiger partial charge in [0.1, 0.15) is 0 Å². The molecule has 0 bridgehead atoms. The number of urea groups is 1. The van der Waals surface area contributed by atoms with Gasteiger partial charge in [-0.15, -0.1) is 0 Å². The van der Waals surface area contributed by atoms with Crippen molar-refractivity contribution in [3.05, 3.63) is 0 Å². The summed E-state index contributed by atoms with van der Waals surface area (Å²) in [5.41, 5.74) is 0. The lowest BCUT2D eigenvalue weighted by Crippen LogP contribution is -2.42. The molecule has 0 aromatic carbocycles. The van der Waals surface area contributed by atoms with E-state index in [-0.39, 0.29) is 11.2 Å². The van der Waals surface area contributed by atoms with E-state index in [9.17, 15) is 4.79 Å². The third-order valence-electron chi connectivity index (χ3n) is 0.676. The molecule has 2 amide bonds. The molecule has 0 spiro atoms. The summed E-state index contributed by atoms with van der Waals surface area (Å²) >= 11 is 1.26. The number of amidine groups is 1. The van der Waals surface area contributed by atoms with Gasteiger partial charge in [-0.3, -0.25) is 10.7 Å². The van der Waals surface area contributed by atoms with E-state index in [1.54, 1.807) is 0 Å². The standard InChI is InChI=1S/C3H5N3OS/c4-2-6-3(7)5-1-8-2/h1H2,(H3,4,5,6,7). The molecule has 0 aromatic heterocycles. The van der Waals surface area contributed by atoms with E-state index in [0.29, 0.717) is 5.88 Å². The number of thioether (sulfide) groups is 1. The van der Waals surface area contributed by atoms with E-state index in [2.05, 4.69) is 10.6 Å². The maximum absolute atomic E-state index is 10.3. The van der Waals surface area contributed by atoms with Crippen LogP contribution in [0.3, 0.4) is 0 Å². The molecule has 44 valence electrons. The molecule has 0 atom stereocenters. The molecule has 0 aliphatic carbocycles. The molecule has 1 fully saturated rings. The first-order valence-corrected chi connectivity index (χ1v) is 3.04. The van der Waals surface area contributed by atoms with Crippen LogP contribution in [-0.4, -0.2) is 17.1 Å². The van der Waals surface area contributed by atoms with Crippen LogP contribution in [0.1, 0.15) is 0 Å².